The molecule has 25 heavy (non-hydrogen) atoms. The van der Waals surface area contributed by atoms with Gasteiger partial charge in [-0.15, -0.1) is 0 Å². The highest BCUT2D eigenvalue weighted by atomic mass is 16.2. The van der Waals surface area contributed by atoms with Gasteiger partial charge in [-0.25, -0.2) is 0 Å². The molecular formula is C20H19N3O2. The largest absolute Gasteiger partial charge is 0.348 e. The number of nitrogens with zero attached hydrogens (tertiary/aromatic N) is 1. The molecule has 2 aromatic carbocycles. The zero-order chi connectivity index (χ0) is 18.1. The van der Waals surface area contributed by atoms with Crippen molar-refractivity contribution in [1.29, 1.82) is 5.26 Å². The van der Waals surface area contributed by atoms with Crippen molar-refractivity contribution in [3.8, 4) is 6.07 Å². The van der Waals surface area contributed by atoms with E-state index in [2.05, 4.69) is 10.6 Å². The Morgan fingerprint density at radius 2 is 1.92 bits per heavy atom. The van der Waals surface area contributed by atoms with Crippen LogP contribution in [0.2, 0.25) is 0 Å². The second-order valence-corrected chi connectivity index (χ2v) is 5.55. The van der Waals surface area contributed by atoms with Crippen molar-refractivity contribution in [1.82, 2.24) is 5.32 Å². The van der Waals surface area contributed by atoms with E-state index in [1.807, 2.05) is 37.3 Å². The Morgan fingerprint density at radius 3 is 2.64 bits per heavy atom. The van der Waals surface area contributed by atoms with Crippen molar-refractivity contribution in [2.45, 2.75) is 19.9 Å². The van der Waals surface area contributed by atoms with E-state index in [-0.39, 0.29) is 18.2 Å². The van der Waals surface area contributed by atoms with Crippen molar-refractivity contribution >= 4 is 23.6 Å². The molecule has 0 saturated heterocycles. The Labute approximate surface area is 147 Å². The Balaban J connectivity index is 1.88. The Bertz CT molecular complexity index is 818. The van der Waals surface area contributed by atoms with Crippen LogP contribution in [0.3, 0.4) is 0 Å². The molecule has 0 aliphatic carbocycles. The number of aryl methyl sites for hydroxylation is 1. The van der Waals surface area contributed by atoms with E-state index in [1.165, 1.54) is 11.6 Å². The van der Waals surface area contributed by atoms with Crippen molar-refractivity contribution in [3.63, 3.8) is 0 Å². The molecule has 5 nitrogen and oxygen atoms in total. The molecular weight excluding hydrogens is 314 g/mol. The first kappa shape index (κ1) is 18.0. The molecule has 2 rings (SSSR count). The highest BCUT2D eigenvalue weighted by Crippen LogP contribution is 2.11. The summed E-state index contributed by atoms with van der Waals surface area (Å²) in [7, 11) is 0. The second-order valence-electron chi connectivity index (χ2n) is 5.55. The number of carbonyl (C=O) groups excluding carboxylic acids is 2. The van der Waals surface area contributed by atoms with Gasteiger partial charge < -0.3 is 10.6 Å². The van der Waals surface area contributed by atoms with E-state index >= 15 is 0 Å². The average molecular weight is 333 g/mol. The van der Waals surface area contributed by atoms with Crippen LogP contribution < -0.4 is 10.6 Å². The van der Waals surface area contributed by atoms with Gasteiger partial charge in [-0.1, -0.05) is 42.0 Å². The van der Waals surface area contributed by atoms with Crippen LogP contribution in [0.15, 0.2) is 54.6 Å². The average Bonchev–Trinajstić information content (AvgIpc) is 2.60. The lowest BCUT2D eigenvalue weighted by atomic mass is 10.1. The first-order valence-electron chi connectivity index (χ1n) is 7.85. The maximum atomic E-state index is 11.9. The molecule has 0 aromatic heterocycles. The number of nitrogens with one attached hydrogen (secondary N) is 2. The smallest absolute Gasteiger partial charge is 0.244 e. The maximum absolute atomic E-state index is 11.9. The third-order valence-corrected chi connectivity index (χ3v) is 3.42. The van der Waals surface area contributed by atoms with Crippen LogP contribution in [-0.4, -0.2) is 11.8 Å². The lowest BCUT2D eigenvalue weighted by Gasteiger charge is -2.07. The lowest BCUT2D eigenvalue weighted by Crippen LogP contribution is -2.20. The third-order valence-electron chi connectivity index (χ3n) is 3.42. The van der Waals surface area contributed by atoms with Crippen molar-refractivity contribution in [2.24, 2.45) is 0 Å². The Morgan fingerprint density at radius 1 is 1.16 bits per heavy atom. The molecule has 5 heteroatoms. The molecule has 0 fully saturated rings. The van der Waals surface area contributed by atoms with E-state index in [9.17, 15) is 9.59 Å². The first-order chi connectivity index (χ1) is 12.1. The summed E-state index contributed by atoms with van der Waals surface area (Å²) in [6.07, 6.45) is 3.06. The van der Waals surface area contributed by atoms with Gasteiger partial charge in [-0.05, 0) is 36.3 Å². The standard InChI is InChI=1S/C20H19N3O2/c1-15-5-7-16(8-6-15)9-10-19(24)22-14-17-3-2-4-18(13-17)23-20(25)11-12-21/h2-10,13H,11,14H2,1H3,(H,22,24)(H,23,25)/b10-9+. The summed E-state index contributed by atoms with van der Waals surface area (Å²) in [4.78, 5) is 23.3. The lowest BCUT2D eigenvalue weighted by molar-refractivity contribution is -0.117. The normalized spacial score (nSPS) is 10.2. The number of rotatable bonds is 6. The molecule has 2 aromatic rings. The Hall–Kier alpha value is -3.39. The van der Waals surface area contributed by atoms with Gasteiger partial charge in [-0.2, -0.15) is 5.26 Å². The molecule has 0 atom stereocenters. The predicted octanol–water partition coefficient (Wildman–Crippen LogP) is 3.18. The molecule has 0 unspecified atom stereocenters. The van der Waals surface area contributed by atoms with Crippen LogP contribution in [0.1, 0.15) is 23.1 Å². The summed E-state index contributed by atoms with van der Waals surface area (Å²) in [5, 5.41) is 13.9. The van der Waals surface area contributed by atoms with Crippen molar-refractivity contribution < 1.29 is 9.59 Å². The molecule has 2 amide bonds. The van der Waals surface area contributed by atoms with Gasteiger partial charge >= 0.3 is 0 Å². The third kappa shape index (κ3) is 6.32. The van der Waals surface area contributed by atoms with Gasteiger partial charge in [0.15, 0.2) is 0 Å². The molecule has 0 bridgehead atoms. The number of carbonyl (C=O) groups is 2. The molecule has 0 radical (unpaired) electrons. The van der Waals surface area contributed by atoms with Gasteiger partial charge in [0.25, 0.3) is 0 Å². The van der Waals surface area contributed by atoms with E-state index in [0.717, 1.165) is 11.1 Å². The van der Waals surface area contributed by atoms with Gasteiger partial charge in [0, 0.05) is 18.3 Å². The van der Waals surface area contributed by atoms with E-state index in [0.29, 0.717) is 12.2 Å². The summed E-state index contributed by atoms with van der Waals surface area (Å²) in [5.74, 6) is -0.552. The van der Waals surface area contributed by atoms with Crippen LogP contribution in [-0.2, 0) is 16.1 Å². The summed E-state index contributed by atoms with van der Waals surface area (Å²) in [6, 6.07) is 16.8. The second kappa shape index (κ2) is 9.04. The minimum absolute atomic E-state index is 0.190. The van der Waals surface area contributed by atoms with Crippen LogP contribution in [0, 0.1) is 18.3 Å². The zero-order valence-corrected chi connectivity index (χ0v) is 14.0. The fraction of sp³-hybridized carbons (Fsp3) is 0.150. The molecule has 126 valence electrons. The number of benzene rings is 2. The van der Waals surface area contributed by atoms with Crippen molar-refractivity contribution in [2.75, 3.05) is 5.32 Å². The Kier molecular flexibility index (Phi) is 6.49. The number of nitriles is 1. The quantitative estimate of drug-likeness (QED) is 0.797. The molecule has 0 heterocycles. The van der Waals surface area contributed by atoms with Crippen LogP contribution in [0.4, 0.5) is 5.69 Å². The minimum Gasteiger partial charge on any atom is -0.348 e. The highest BCUT2D eigenvalue weighted by Gasteiger charge is 2.03. The summed E-state index contributed by atoms with van der Waals surface area (Å²) in [6.45, 7) is 2.36. The van der Waals surface area contributed by atoms with E-state index < -0.39 is 0 Å². The molecule has 0 spiro atoms. The number of anilines is 1. The summed E-state index contributed by atoms with van der Waals surface area (Å²) in [5.41, 5.74) is 3.58. The number of amides is 2. The number of hydrogen-bond acceptors (Lipinski definition) is 3. The van der Waals surface area contributed by atoms with Crippen molar-refractivity contribution in [3.05, 3.63) is 71.3 Å². The SMILES string of the molecule is Cc1ccc(/C=C/C(=O)NCc2cccc(NC(=O)CC#N)c2)cc1. The molecule has 0 aliphatic heterocycles. The van der Waals surface area contributed by atoms with E-state index in [4.69, 9.17) is 5.26 Å². The van der Waals surface area contributed by atoms with Gasteiger partial charge in [0.1, 0.15) is 6.42 Å². The first-order valence-corrected chi connectivity index (χ1v) is 7.85. The maximum Gasteiger partial charge on any atom is 0.244 e. The fourth-order valence-corrected chi connectivity index (χ4v) is 2.13. The topological polar surface area (TPSA) is 82.0 Å². The van der Waals surface area contributed by atoms with Crippen LogP contribution in [0.25, 0.3) is 6.08 Å². The molecule has 0 aliphatic rings. The van der Waals surface area contributed by atoms with Crippen LogP contribution >= 0.6 is 0 Å². The van der Waals surface area contributed by atoms with Gasteiger partial charge in [0.2, 0.25) is 11.8 Å². The zero-order valence-electron chi connectivity index (χ0n) is 14.0. The number of hydrogen-bond donors (Lipinski definition) is 2. The highest BCUT2D eigenvalue weighted by molar-refractivity contribution is 5.92. The fourth-order valence-electron chi connectivity index (χ4n) is 2.13. The monoisotopic (exact) mass is 333 g/mol. The van der Waals surface area contributed by atoms with Crippen LogP contribution in [0.5, 0.6) is 0 Å². The predicted molar refractivity (Wildman–Crippen MR) is 97.4 cm³/mol. The minimum atomic E-state index is -0.357. The molecule has 0 saturated carbocycles. The molecule has 2 N–H and O–H groups in total. The summed E-state index contributed by atoms with van der Waals surface area (Å²) < 4.78 is 0. The van der Waals surface area contributed by atoms with Gasteiger partial charge in [0.05, 0.1) is 6.07 Å². The van der Waals surface area contributed by atoms with E-state index in [1.54, 1.807) is 30.3 Å². The van der Waals surface area contributed by atoms with Gasteiger partial charge in [-0.3, -0.25) is 9.59 Å². The summed E-state index contributed by atoms with van der Waals surface area (Å²) >= 11 is 0.